The summed E-state index contributed by atoms with van der Waals surface area (Å²) in [6.07, 6.45) is 3.59. The minimum atomic E-state index is -0.000463. The molecule has 0 spiro atoms. The number of aromatic nitrogens is 2. The molecule has 86 valence electrons. The molecule has 5 nitrogen and oxygen atoms in total. The summed E-state index contributed by atoms with van der Waals surface area (Å²) in [6.45, 7) is 4.01. The summed E-state index contributed by atoms with van der Waals surface area (Å²) in [5.74, 6) is 0.859. The maximum atomic E-state index is 11.7. The van der Waals surface area contributed by atoms with Crippen LogP contribution in [0.4, 0.5) is 0 Å². The molecule has 0 aliphatic carbocycles. The van der Waals surface area contributed by atoms with Crippen molar-refractivity contribution in [2.75, 3.05) is 13.1 Å². The van der Waals surface area contributed by atoms with Gasteiger partial charge in [-0.3, -0.25) is 4.79 Å². The van der Waals surface area contributed by atoms with E-state index >= 15 is 0 Å². The molecule has 0 unspecified atom stereocenters. The molecule has 1 aliphatic rings. The largest absolute Gasteiger partial charge is 0.345 e. The third-order valence-electron chi connectivity index (χ3n) is 2.88. The second-order valence-electron chi connectivity index (χ2n) is 3.97. The zero-order chi connectivity index (χ0) is 11.5. The summed E-state index contributed by atoms with van der Waals surface area (Å²) in [4.78, 5) is 15.9. The minimum Gasteiger partial charge on any atom is -0.345 e. The lowest BCUT2D eigenvalue weighted by Gasteiger charge is -2.21. The molecule has 0 atom stereocenters. The number of nitrogens with zero attached hydrogens (tertiary/aromatic N) is 2. The van der Waals surface area contributed by atoms with Gasteiger partial charge in [-0.15, -0.1) is 0 Å². The molecule has 1 fully saturated rings. The zero-order valence-corrected chi connectivity index (χ0v) is 9.58. The van der Waals surface area contributed by atoms with E-state index in [1.165, 1.54) is 5.57 Å². The number of carbonyl (C=O) groups excluding carboxylic acids is 1. The molecule has 0 saturated carbocycles. The van der Waals surface area contributed by atoms with Crippen LogP contribution in [0, 0.1) is 0 Å². The van der Waals surface area contributed by atoms with Crippen molar-refractivity contribution in [3.8, 4) is 0 Å². The van der Waals surface area contributed by atoms with Crippen LogP contribution in [-0.2, 0) is 18.4 Å². The van der Waals surface area contributed by atoms with Crippen LogP contribution in [-0.4, -0.2) is 28.5 Å². The van der Waals surface area contributed by atoms with Gasteiger partial charge in [0.15, 0.2) is 0 Å². The van der Waals surface area contributed by atoms with Crippen molar-refractivity contribution in [2.24, 2.45) is 7.05 Å². The molecule has 0 bridgehead atoms. The average Bonchev–Trinajstić information content (AvgIpc) is 2.57. The van der Waals surface area contributed by atoms with E-state index in [1.807, 2.05) is 24.7 Å². The lowest BCUT2D eigenvalue weighted by atomic mass is 10.0. The first-order chi connectivity index (χ1) is 7.68. The van der Waals surface area contributed by atoms with E-state index in [4.69, 9.17) is 0 Å². The lowest BCUT2D eigenvalue weighted by molar-refractivity contribution is -0.117. The van der Waals surface area contributed by atoms with Crippen molar-refractivity contribution >= 4 is 5.91 Å². The fourth-order valence-corrected chi connectivity index (χ4v) is 1.53. The number of hydrogen-bond acceptors (Lipinski definition) is 3. The highest BCUT2D eigenvalue weighted by Gasteiger charge is 2.15. The number of amides is 1. The van der Waals surface area contributed by atoms with Gasteiger partial charge < -0.3 is 15.2 Å². The van der Waals surface area contributed by atoms with Crippen molar-refractivity contribution in [3.05, 3.63) is 29.4 Å². The molecule has 2 rings (SSSR count). The Morgan fingerprint density at radius 2 is 2.38 bits per heavy atom. The molecule has 16 heavy (non-hydrogen) atoms. The smallest absolute Gasteiger partial charge is 0.247 e. The summed E-state index contributed by atoms with van der Waals surface area (Å²) in [7, 11) is 1.91. The van der Waals surface area contributed by atoms with E-state index < -0.39 is 0 Å². The van der Waals surface area contributed by atoms with Crippen LogP contribution in [0.3, 0.4) is 0 Å². The van der Waals surface area contributed by atoms with Crippen LogP contribution in [0.5, 0.6) is 0 Å². The van der Waals surface area contributed by atoms with Gasteiger partial charge in [0.1, 0.15) is 5.82 Å². The molecule has 1 aromatic rings. The lowest BCUT2D eigenvalue weighted by Crippen LogP contribution is -2.37. The first-order valence-electron chi connectivity index (χ1n) is 5.32. The van der Waals surface area contributed by atoms with E-state index in [0.717, 1.165) is 24.5 Å². The van der Waals surface area contributed by atoms with Crippen molar-refractivity contribution < 1.29 is 4.79 Å². The Morgan fingerprint density at radius 3 is 2.88 bits per heavy atom. The van der Waals surface area contributed by atoms with Gasteiger partial charge in [-0.05, 0) is 12.5 Å². The van der Waals surface area contributed by atoms with E-state index in [2.05, 4.69) is 15.6 Å². The van der Waals surface area contributed by atoms with Gasteiger partial charge in [-0.2, -0.15) is 0 Å². The normalized spacial score (nSPS) is 14.5. The third kappa shape index (κ3) is 2.14. The van der Waals surface area contributed by atoms with Gasteiger partial charge in [0.25, 0.3) is 0 Å². The number of carbonyl (C=O) groups is 1. The molecule has 5 heteroatoms. The summed E-state index contributed by atoms with van der Waals surface area (Å²) in [6, 6.07) is 0. The summed E-state index contributed by atoms with van der Waals surface area (Å²) >= 11 is 0. The van der Waals surface area contributed by atoms with E-state index in [0.29, 0.717) is 6.54 Å². The molecular formula is C11H16N4O. The highest BCUT2D eigenvalue weighted by atomic mass is 16.1. The monoisotopic (exact) mass is 220 g/mol. The molecule has 0 radical (unpaired) electrons. The van der Waals surface area contributed by atoms with Gasteiger partial charge in [0, 0.05) is 38.1 Å². The molecule has 1 aliphatic heterocycles. The molecule has 1 aromatic heterocycles. The summed E-state index contributed by atoms with van der Waals surface area (Å²) < 4.78 is 1.90. The number of rotatable bonds is 3. The molecule has 2 heterocycles. The van der Waals surface area contributed by atoms with Crippen molar-refractivity contribution in [1.29, 1.82) is 0 Å². The highest BCUT2D eigenvalue weighted by Crippen LogP contribution is 2.08. The molecule has 0 aromatic carbocycles. The number of hydrogen-bond donors (Lipinski definition) is 2. The van der Waals surface area contributed by atoms with Crippen molar-refractivity contribution in [3.63, 3.8) is 0 Å². The van der Waals surface area contributed by atoms with Gasteiger partial charge in [-0.25, -0.2) is 4.98 Å². The van der Waals surface area contributed by atoms with Crippen molar-refractivity contribution in [1.82, 2.24) is 20.2 Å². The Morgan fingerprint density at radius 1 is 1.62 bits per heavy atom. The molecule has 1 amide bonds. The standard InChI is InChI=1S/C11H16N4O/c1-8(9-5-12-6-9)11(16)14-7-10-13-3-4-15(10)2/h3-4,12H,5-7H2,1-2H3,(H,14,16). The first-order valence-corrected chi connectivity index (χ1v) is 5.32. The van der Waals surface area contributed by atoms with E-state index in [9.17, 15) is 4.79 Å². The highest BCUT2D eigenvalue weighted by molar-refractivity contribution is 5.93. The Labute approximate surface area is 94.6 Å². The maximum Gasteiger partial charge on any atom is 0.247 e. The Balaban J connectivity index is 1.91. The molecule has 1 saturated heterocycles. The predicted molar refractivity (Wildman–Crippen MR) is 60.6 cm³/mol. The van der Waals surface area contributed by atoms with Crippen LogP contribution in [0.2, 0.25) is 0 Å². The predicted octanol–water partition coefficient (Wildman–Crippen LogP) is -0.0440. The van der Waals surface area contributed by atoms with Crippen LogP contribution >= 0.6 is 0 Å². The van der Waals surface area contributed by atoms with Crippen LogP contribution in [0.15, 0.2) is 23.5 Å². The van der Waals surface area contributed by atoms with Crippen molar-refractivity contribution in [2.45, 2.75) is 13.5 Å². The van der Waals surface area contributed by atoms with Crippen LogP contribution < -0.4 is 10.6 Å². The minimum absolute atomic E-state index is 0.000463. The molecular weight excluding hydrogens is 204 g/mol. The van der Waals surface area contributed by atoms with Crippen LogP contribution in [0.25, 0.3) is 0 Å². The van der Waals surface area contributed by atoms with Gasteiger partial charge in [0.2, 0.25) is 5.91 Å². The zero-order valence-electron chi connectivity index (χ0n) is 9.58. The quantitative estimate of drug-likeness (QED) is 0.702. The SMILES string of the molecule is CC(C(=O)NCc1nccn1C)=C1CNC1. The Bertz CT molecular complexity index is 427. The van der Waals surface area contributed by atoms with Gasteiger partial charge >= 0.3 is 0 Å². The fourth-order valence-electron chi connectivity index (χ4n) is 1.53. The third-order valence-corrected chi connectivity index (χ3v) is 2.88. The molecule has 2 N–H and O–H groups in total. The summed E-state index contributed by atoms with van der Waals surface area (Å²) in [5, 5.41) is 5.99. The van der Waals surface area contributed by atoms with E-state index in [-0.39, 0.29) is 5.91 Å². The number of nitrogens with one attached hydrogen (secondary N) is 2. The second kappa shape index (κ2) is 4.49. The summed E-state index contributed by atoms with van der Waals surface area (Å²) in [5.41, 5.74) is 2.02. The number of aryl methyl sites for hydroxylation is 1. The first kappa shape index (κ1) is 10.9. The Hall–Kier alpha value is -1.62. The van der Waals surface area contributed by atoms with Gasteiger partial charge in [-0.1, -0.05) is 0 Å². The maximum absolute atomic E-state index is 11.7. The fraction of sp³-hybridized carbons (Fsp3) is 0.455. The van der Waals surface area contributed by atoms with Crippen LogP contribution in [0.1, 0.15) is 12.7 Å². The topological polar surface area (TPSA) is 59.0 Å². The Kier molecular flexibility index (Phi) is 3.05. The average molecular weight is 220 g/mol. The number of imidazole rings is 1. The van der Waals surface area contributed by atoms with Gasteiger partial charge in [0.05, 0.1) is 6.54 Å². The van der Waals surface area contributed by atoms with E-state index in [1.54, 1.807) is 6.20 Å². The second-order valence-corrected chi connectivity index (χ2v) is 3.97.